The smallest absolute Gasteiger partial charge is 0.471 e. The number of hydrogen-bond donors (Lipinski definition) is 1. The van der Waals surface area contributed by atoms with Gasteiger partial charge >= 0.3 is 12.1 Å². The summed E-state index contributed by atoms with van der Waals surface area (Å²) in [7, 11) is -5.20. The Morgan fingerprint density at radius 3 is 2.29 bits per heavy atom. The average molecular weight is 235 g/mol. The Labute approximate surface area is 76.3 Å². The number of rotatable bonds is 4. The van der Waals surface area contributed by atoms with Crippen molar-refractivity contribution in [3.63, 3.8) is 0 Å². The van der Waals surface area contributed by atoms with E-state index in [1.165, 1.54) is 5.32 Å². The van der Waals surface area contributed by atoms with Gasteiger partial charge in [0.15, 0.2) is 0 Å². The summed E-state index contributed by atoms with van der Waals surface area (Å²) >= 11 is 0. The van der Waals surface area contributed by atoms with E-state index >= 15 is 0 Å². The van der Waals surface area contributed by atoms with Gasteiger partial charge in [-0.05, 0) is 0 Å². The topological polar surface area (TPSA) is 102 Å². The number of phosphoric acid groups is 1. The summed E-state index contributed by atoms with van der Waals surface area (Å²) in [5.41, 5.74) is 0. The van der Waals surface area contributed by atoms with Gasteiger partial charge in [0, 0.05) is 6.54 Å². The summed E-state index contributed by atoms with van der Waals surface area (Å²) in [6.45, 7) is -1.54. The lowest BCUT2D eigenvalue weighted by Crippen LogP contribution is -2.38. The molecule has 0 fully saturated rings. The summed E-state index contributed by atoms with van der Waals surface area (Å²) in [6, 6.07) is 0. The molecule has 0 atom stereocenters. The fourth-order valence-electron chi connectivity index (χ4n) is 0.422. The molecule has 0 aliphatic carbocycles. The lowest BCUT2D eigenvalue weighted by Gasteiger charge is -2.28. The molecule has 1 N–H and O–H groups in total. The van der Waals surface area contributed by atoms with Crippen LogP contribution < -0.4 is 15.1 Å². The molecule has 6 nitrogen and oxygen atoms in total. The molecule has 14 heavy (non-hydrogen) atoms. The summed E-state index contributed by atoms with van der Waals surface area (Å²) < 4.78 is 47.8. The minimum atomic E-state index is -5.20. The molecule has 0 aromatic rings. The van der Waals surface area contributed by atoms with Gasteiger partial charge in [-0.25, -0.2) is 0 Å². The van der Waals surface area contributed by atoms with Gasteiger partial charge < -0.3 is 24.2 Å². The maximum Gasteiger partial charge on any atom is 0.471 e. The van der Waals surface area contributed by atoms with Gasteiger partial charge in [0.1, 0.15) is 0 Å². The van der Waals surface area contributed by atoms with Crippen LogP contribution in [0, 0.1) is 0 Å². The van der Waals surface area contributed by atoms with Crippen LogP contribution >= 0.6 is 7.82 Å². The first-order chi connectivity index (χ1) is 6.13. The third-order valence-electron chi connectivity index (χ3n) is 0.894. The molecule has 0 rings (SSSR count). The molecule has 0 aliphatic rings. The van der Waals surface area contributed by atoms with E-state index in [1.54, 1.807) is 0 Å². The van der Waals surface area contributed by atoms with E-state index in [0.29, 0.717) is 0 Å². The maximum atomic E-state index is 11.5. The number of phosphoric ester groups is 1. The number of carbonyl (C=O) groups excluding carboxylic acids is 1. The largest absolute Gasteiger partial charge is 0.790 e. The minimum absolute atomic E-state index is 0.715. The third-order valence-corrected chi connectivity index (χ3v) is 1.39. The molecule has 0 heterocycles. The van der Waals surface area contributed by atoms with Crippen LogP contribution in [0.2, 0.25) is 0 Å². The van der Waals surface area contributed by atoms with E-state index in [1.807, 2.05) is 0 Å². The number of carbonyl (C=O) groups is 1. The molecule has 0 spiro atoms. The molecule has 1 amide bonds. The number of hydrogen-bond acceptors (Lipinski definition) is 5. The van der Waals surface area contributed by atoms with Crippen LogP contribution in [0.25, 0.3) is 0 Å². The Kier molecular flexibility index (Phi) is 4.53. The van der Waals surface area contributed by atoms with Gasteiger partial charge in [-0.3, -0.25) is 4.79 Å². The molecule has 10 heteroatoms. The predicted octanol–water partition coefficient (Wildman–Crippen LogP) is -1.49. The Morgan fingerprint density at radius 2 is 1.93 bits per heavy atom. The van der Waals surface area contributed by atoms with Crippen LogP contribution in [-0.4, -0.2) is 25.2 Å². The normalized spacial score (nSPS) is 12.6. The molecule has 0 aromatic heterocycles. The highest BCUT2D eigenvalue weighted by Crippen LogP contribution is 2.23. The van der Waals surface area contributed by atoms with Crippen LogP contribution in [0.1, 0.15) is 0 Å². The fourth-order valence-corrected chi connectivity index (χ4v) is 0.737. The maximum absolute atomic E-state index is 11.5. The summed E-state index contributed by atoms with van der Waals surface area (Å²) in [6.07, 6.45) is -5.04. The molecular formula is C4H5F3NO5P-2. The average Bonchev–Trinajstić information content (AvgIpc) is 1.93. The van der Waals surface area contributed by atoms with E-state index in [4.69, 9.17) is 0 Å². The highest BCUT2D eigenvalue weighted by molar-refractivity contribution is 7.43. The van der Waals surface area contributed by atoms with Gasteiger partial charge in [-0.2, -0.15) is 13.2 Å². The number of amides is 1. The Hall–Kier alpha value is -0.630. The van der Waals surface area contributed by atoms with Crippen LogP contribution in [0.4, 0.5) is 13.2 Å². The monoisotopic (exact) mass is 235 g/mol. The van der Waals surface area contributed by atoms with Crippen molar-refractivity contribution in [1.29, 1.82) is 0 Å². The van der Waals surface area contributed by atoms with Gasteiger partial charge in [-0.1, -0.05) is 0 Å². The molecule has 0 radical (unpaired) electrons. The van der Waals surface area contributed by atoms with Crippen molar-refractivity contribution in [2.75, 3.05) is 13.2 Å². The van der Waals surface area contributed by atoms with Crippen LogP contribution in [0.5, 0.6) is 0 Å². The fraction of sp³-hybridized carbons (Fsp3) is 0.750. The SMILES string of the molecule is O=C(NCCOP(=O)([O-])[O-])C(F)(F)F. The van der Waals surface area contributed by atoms with Crippen molar-refractivity contribution < 1.29 is 36.8 Å². The zero-order valence-electron chi connectivity index (χ0n) is 6.54. The molecule has 0 aliphatic heterocycles. The molecule has 0 saturated heterocycles. The second-order valence-electron chi connectivity index (χ2n) is 2.03. The Balaban J connectivity index is 3.67. The summed E-state index contributed by atoms with van der Waals surface area (Å²) in [4.78, 5) is 29.6. The first-order valence-electron chi connectivity index (χ1n) is 3.14. The van der Waals surface area contributed by atoms with Gasteiger partial charge in [0.05, 0.1) is 14.4 Å². The second-order valence-corrected chi connectivity index (χ2v) is 3.19. The summed E-state index contributed by atoms with van der Waals surface area (Å²) in [5.74, 6) is -2.23. The van der Waals surface area contributed by atoms with Gasteiger partial charge in [0.25, 0.3) is 0 Å². The Bertz CT molecular complexity index is 248. The Morgan fingerprint density at radius 1 is 1.43 bits per heavy atom. The number of alkyl halides is 3. The first kappa shape index (κ1) is 13.4. The van der Waals surface area contributed by atoms with Crippen molar-refractivity contribution in [2.45, 2.75) is 6.18 Å². The van der Waals surface area contributed by atoms with E-state index in [2.05, 4.69) is 4.52 Å². The van der Waals surface area contributed by atoms with E-state index in [-0.39, 0.29) is 0 Å². The minimum Gasteiger partial charge on any atom is -0.790 e. The molecule has 0 unspecified atom stereocenters. The van der Waals surface area contributed by atoms with Crippen molar-refractivity contribution in [2.24, 2.45) is 0 Å². The zero-order chi connectivity index (χ0) is 11.4. The lowest BCUT2D eigenvalue weighted by molar-refractivity contribution is -0.341. The highest BCUT2D eigenvalue weighted by Gasteiger charge is 2.38. The quantitative estimate of drug-likeness (QED) is 0.472. The molecular weight excluding hydrogens is 230 g/mol. The highest BCUT2D eigenvalue weighted by atomic mass is 31.2. The third kappa shape index (κ3) is 6.84. The molecule has 0 saturated carbocycles. The number of nitrogens with one attached hydrogen (secondary N) is 1. The van der Waals surface area contributed by atoms with E-state index < -0.39 is 33.1 Å². The van der Waals surface area contributed by atoms with Gasteiger partial charge in [0.2, 0.25) is 0 Å². The molecule has 0 bridgehead atoms. The molecule has 0 aromatic carbocycles. The van der Waals surface area contributed by atoms with Crippen molar-refractivity contribution in [3.05, 3.63) is 0 Å². The standard InChI is InChI=1S/C4H7F3NO5P/c5-4(6,7)3(9)8-1-2-13-14(10,11)12/h1-2H2,(H,8,9)(H2,10,11,12)/p-2. The van der Waals surface area contributed by atoms with Crippen LogP contribution in [0.3, 0.4) is 0 Å². The lowest BCUT2D eigenvalue weighted by atomic mass is 10.5. The van der Waals surface area contributed by atoms with Crippen LogP contribution in [0.15, 0.2) is 0 Å². The van der Waals surface area contributed by atoms with Crippen molar-refractivity contribution >= 4 is 13.7 Å². The zero-order valence-corrected chi connectivity index (χ0v) is 7.43. The van der Waals surface area contributed by atoms with Crippen molar-refractivity contribution in [3.8, 4) is 0 Å². The van der Waals surface area contributed by atoms with Crippen LogP contribution in [-0.2, 0) is 13.9 Å². The predicted molar refractivity (Wildman–Crippen MR) is 32.6 cm³/mol. The second kappa shape index (κ2) is 4.74. The van der Waals surface area contributed by atoms with E-state index in [9.17, 15) is 32.3 Å². The van der Waals surface area contributed by atoms with Gasteiger partial charge in [-0.15, -0.1) is 0 Å². The van der Waals surface area contributed by atoms with E-state index in [0.717, 1.165) is 0 Å². The van der Waals surface area contributed by atoms with Crippen molar-refractivity contribution in [1.82, 2.24) is 5.32 Å². The first-order valence-corrected chi connectivity index (χ1v) is 4.60. The number of halogens is 3. The summed E-state index contributed by atoms with van der Waals surface area (Å²) in [5, 5.41) is 1.31. The molecule has 84 valence electrons.